The number of rotatable bonds is 5. The second-order valence-corrected chi connectivity index (χ2v) is 16.8. The first-order valence-corrected chi connectivity index (χ1v) is 15.4. The Hall–Kier alpha value is -1.80. The van der Waals surface area contributed by atoms with Crippen LogP contribution in [-0.2, 0) is 23.5 Å². The molecule has 3 rings (SSSR count). The quantitative estimate of drug-likeness (QED) is 0.462. The van der Waals surface area contributed by atoms with E-state index in [-0.39, 0.29) is 11.6 Å². The zero-order valence-electron chi connectivity index (χ0n) is 20.6. The number of aliphatic imine (C=N–C) groups is 1. The molecule has 1 aromatic heterocycles. The Kier molecular flexibility index (Phi) is 6.38. The molecule has 0 aromatic carbocycles. The van der Waals surface area contributed by atoms with E-state index in [0.717, 1.165) is 6.26 Å². The van der Waals surface area contributed by atoms with Crippen LogP contribution in [0.1, 0.15) is 32.6 Å². The molecule has 1 aromatic rings. The monoisotopic (exact) mass is 502 g/mol. The molecule has 11 nitrogen and oxygen atoms in total. The summed E-state index contributed by atoms with van der Waals surface area (Å²) in [6.07, 6.45) is -0.514. The number of aromatic amines is 1. The van der Waals surface area contributed by atoms with Crippen LogP contribution in [0, 0.1) is 6.92 Å². The summed E-state index contributed by atoms with van der Waals surface area (Å²) >= 11 is 0. The first kappa shape index (κ1) is 25.8. The van der Waals surface area contributed by atoms with Gasteiger partial charge in [0, 0.05) is 25.9 Å². The van der Waals surface area contributed by atoms with E-state index in [9.17, 15) is 18.0 Å². The van der Waals surface area contributed by atoms with Crippen molar-refractivity contribution in [2.75, 3.05) is 26.9 Å². The molecule has 1 fully saturated rings. The lowest BCUT2D eigenvalue weighted by Gasteiger charge is -2.44. The van der Waals surface area contributed by atoms with Gasteiger partial charge in [0.2, 0.25) is 5.60 Å². The number of aromatic nitrogens is 2. The molecular weight excluding hydrogens is 468 g/mol. The number of hydrogen-bond acceptors (Lipinski definition) is 9. The minimum atomic E-state index is -3.99. The maximum absolute atomic E-state index is 12.8. The van der Waals surface area contributed by atoms with Gasteiger partial charge in [-0.2, -0.15) is 8.42 Å². The lowest BCUT2D eigenvalue weighted by molar-refractivity contribution is -0.0336. The average molecular weight is 503 g/mol. The second-order valence-electron chi connectivity index (χ2n) is 10.4. The van der Waals surface area contributed by atoms with Gasteiger partial charge >= 0.3 is 5.69 Å². The van der Waals surface area contributed by atoms with Gasteiger partial charge < -0.3 is 14.1 Å². The minimum absolute atomic E-state index is 0.133. The average Bonchev–Trinajstić information content (AvgIpc) is 3.10. The van der Waals surface area contributed by atoms with Gasteiger partial charge in [0.05, 0.1) is 12.8 Å². The van der Waals surface area contributed by atoms with Gasteiger partial charge in [-0.1, -0.05) is 20.8 Å². The van der Waals surface area contributed by atoms with E-state index in [2.05, 4.69) is 30.7 Å². The number of nitrogens with zero attached hydrogens (tertiary/aromatic N) is 3. The Bertz CT molecular complexity index is 1180. The number of likely N-dealkylation sites (N-methyl/N-ethyl adjacent to an activating group) is 1. The maximum Gasteiger partial charge on any atom is 0.330 e. The van der Waals surface area contributed by atoms with Crippen LogP contribution in [0.2, 0.25) is 18.1 Å². The third-order valence-corrected chi connectivity index (χ3v) is 11.6. The normalized spacial score (nSPS) is 28.0. The zero-order chi connectivity index (χ0) is 25.1. The van der Waals surface area contributed by atoms with Crippen LogP contribution in [0.15, 0.2) is 20.8 Å². The van der Waals surface area contributed by atoms with Crippen molar-refractivity contribution in [1.82, 2.24) is 14.5 Å². The van der Waals surface area contributed by atoms with Crippen LogP contribution in [0.25, 0.3) is 0 Å². The first-order valence-electron chi connectivity index (χ1n) is 10.7. The molecule has 1 saturated heterocycles. The third kappa shape index (κ3) is 4.48. The Morgan fingerprint density at radius 3 is 2.42 bits per heavy atom. The highest BCUT2D eigenvalue weighted by atomic mass is 32.2. The summed E-state index contributed by atoms with van der Waals surface area (Å²) in [5.41, 5.74) is -2.48. The van der Waals surface area contributed by atoms with Crippen molar-refractivity contribution in [2.24, 2.45) is 4.99 Å². The van der Waals surface area contributed by atoms with E-state index in [1.165, 1.54) is 10.8 Å². The SMILES string of the molecule is Cc1cn([C@@H]2O[C@@H]3CN=C(N(C)C)[C@]3(OS(C)(=O)=O)[C@H]2O[Si](C)(C)C(C)(C)C)c(=O)[nH]c1=O. The fraction of sp³-hybridized carbons (Fsp3) is 0.750. The molecule has 4 atom stereocenters. The van der Waals surface area contributed by atoms with Crippen LogP contribution < -0.4 is 11.2 Å². The molecule has 2 aliphatic rings. The van der Waals surface area contributed by atoms with Gasteiger partial charge in [0.1, 0.15) is 18.0 Å². The van der Waals surface area contributed by atoms with Crippen LogP contribution in [0.5, 0.6) is 0 Å². The Balaban J connectivity index is 2.29. The van der Waals surface area contributed by atoms with E-state index in [0.29, 0.717) is 11.4 Å². The summed E-state index contributed by atoms with van der Waals surface area (Å²) in [6.45, 7) is 11.9. The van der Waals surface area contributed by atoms with Crippen LogP contribution >= 0.6 is 0 Å². The van der Waals surface area contributed by atoms with E-state index in [1.54, 1.807) is 25.9 Å². The summed E-state index contributed by atoms with van der Waals surface area (Å²) in [7, 11) is -3.06. The van der Waals surface area contributed by atoms with Crippen molar-refractivity contribution in [3.8, 4) is 0 Å². The molecule has 0 aliphatic carbocycles. The van der Waals surface area contributed by atoms with Gasteiger partial charge in [-0.25, -0.2) is 8.98 Å². The number of fused-ring (bicyclic) bond motifs is 1. The molecule has 0 radical (unpaired) electrons. The largest absolute Gasteiger partial charge is 0.406 e. The number of aryl methyl sites for hydroxylation is 1. The number of ether oxygens (including phenoxy) is 1. The van der Waals surface area contributed by atoms with E-state index >= 15 is 0 Å². The van der Waals surface area contributed by atoms with Crippen LogP contribution in [-0.4, -0.2) is 81.7 Å². The highest BCUT2D eigenvalue weighted by molar-refractivity contribution is 7.86. The Morgan fingerprint density at radius 2 is 1.91 bits per heavy atom. The number of hydrogen-bond donors (Lipinski definition) is 1. The molecule has 0 saturated carbocycles. The molecule has 33 heavy (non-hydrogen) atoms. The lowest BCUT2D eigenvalue weighted by Crippen LogP contribution is -2.62. The molecule has 186 valence electrons. The summed E-state index contributed by atoms with van der Waals surface area (Å²) in [6, 6.07) is 0. The van der Waals surface area contributed by atoms with Crippen molar-refractivity contribution in [2.45, 2.75) is 69.9 Å². The Labute approximate surface area is 195 Å². The number of H-pyrrole nitrogens is 1. The molecule has 2 aliphatic heterocycles. The van der Waals surface area contributed by atoms with Crippen molar-refractivity contribution < 1.29 is 21.8 Å². The number of amidine groups is 1. The Morgan fingerprint density at radius 1 is 1.30 bits per heavy atom. The van der Waals surface area contributed by atoms with E-state index < -0.39 is 53.7 Å². The summed E-state index contributed by atoms with van der Waals surface area (Å²) in [5, 5.41) is -0.234. The van der Waals surface area contributed by atoms with Crippen molar-refractivity contribution in [3.05, 3.63) is 32.6 Å². The van der Waals surface area contributed by atoms with Crippen LogP contribution in [0.3, 0.4) is 0 Å². The highest BCUT2D eigenvalue weighted by Crippen LogP contribution is 2.49. The summed E-state index contributed by atoms with van der Waals surface area (Å²) < 4.78 is 45.0. The van der Waals surface area contributed by atoms with Crippen LogP contribution in [0.4, 0.5) is 0 Å². The third-order valence-electron chi connectivity index (χ3n) is 6.58. The molecular formula is C20H34N4O7SSi. The molecule has 1 N–H and O–H groups in total. The zero-order valence-corrected chi connectivity index (χ0v) is 22.4. The van der Waals surface area contributed by atoms with Gasteiger partial charge in [-0.3, -0.25) is 19.3 Å². The molecule has 0 amide bonds. The van der Waals surface area contributed by atoms with E-state index in [4.69, 9.17) is 13.3 Å². The molecule has 0 spiro atoms. The van der Waals surface area contributed by atoms with Crippen molar-refractivity contribution in [1.29, 1.82) is 0 Å². The lowest BCUT2D eigenvalue weighted by atomic mass is 9.92. The summed E-state index contributed by atoms with van der Waals surface area (Å²) in [4.78, 5) is 33.3. The topological polar surface area (TPSA) is 132 Å². The van der Waals surface area contributed by atoms with Crippen molar-refractivity contribution >= 4 is 24.3 Å². The first-order chi connectivity index (χ1) is 14.9. The number of nitrogens with one attached hydrogen (secondary N) is 1. The van der Waals surface area contributed by atoms with Gasteiger partial charge in [0.15, 0.2) is 14.5 Å². The molecule has 0 bridgehead atoms. The molecule has 0 unspecified atom stereocenters. The van der Waals surface area contributed by atoms with Gasteiger partial charge in [0.25, 0.3) is 15.7 Å². The van der Waals surface area contributed by atoms with E-state index in [1.807, 2.05) is 13.1 Å². The second kappa shape index (κ2) is 8.15. The van der Waals surface area contributed by atoms with Crippen molar-refractivity contribution in [3.63, 3.8) is 0 Å². The fourth-order valence-electron chi connectivity index (χ4n) is 3.98. The smallest absolute Gasteiger partial charge is 0.330 e. The fourth-order valence-corrected chi connectivity index (χ4v) is 6.04. The standard InChI is InChI=1S/C20H34N4O7SSi/c1-12-11-24(18(26)22-15(12)25)16-14(30-33(8,9)19(2,3)4)20(31-32(7,27)28)13(29-16)10-21-17(20)23(5)6/h11,13-14,16H,10H2,1-9H3,(H,22,25,26)/t13-,14+,16-,20-/m1/s1. The minimum Gasteiger partial charge on any atom is -0.406 e. The maximum atomic E-state index is 12.8. The molecule has 13 heteroatoms. The van der Waals surface area contributed by atoms with Gasteiger partial charge in [-0.05, 0) is 25.1 Å². The van der Waals surface area contributed by atoms with Gasteiger partial charge in [-0.15, -0.1) is 0 Å². The predicted molar refractivity (Wildman–Crippen MR) is 127 cm³/mol. The highest BCUT2D eigenvalue weighted by Gasteiger charge is 2.68. The predicted octanol–water partition coefficient (Wildman–Crippen LogP) is 0.822. The summed E-state index contributed by atoms with van der Waals surface area (Å²) in [5.74, 6) is 0.360. The molecule has 3 heterocycles.